The number of ether oxygens (including phenoxy) is 1. The Hall–Kier alpha value is -2.60. The van der Waals surface area contributed by atoms with Crippen LogP contribution in [0.1, 0.15) is 5.56 Å². The molecule has 23 heavy (non-hydrogen) atoms. The van der Waals surface area contributed by atoms with Crippen LogP contribution in [-0.4, -0.2) is 18.4 Å². The van der Waals surface area contributed by atoms with Crippen LogP contribution in [-0.2, 0) is 16.0 Å². The summed E-state index contributed by atoms with van der Waals surface area (Å²) >= 11 is 5.88. The van der Waals surface area contributed by atoms with Gasteiger partial charge in [0.2, 0.25) is 5.91 Å². The van der Waals surface area contributed by atoms with Gasteiger partial charge in [0.25, 0.3) is 5.91 Å². The van der Waals surface area contributed by atoms with E-state index in [9.17, 15) is 14.0 Å². The molecule has 0 bridgehead atoms. The summed E-state index contributed by atoms with van der Waals surface area (Å²) in [7, 11) is 0. The number of nitrogens with one attached hydrogen (secondary N) is 2. The molecule has 0 saturated carbocycles. The van der Waals surface area contributed by atoms with Crippen LogP contribution in [0.3, 0.4) is 0 Å². The van der Waals surface area contributed by atoms with Crippen molar-refractivity contribution >= 4 is 23.4 Å². The Labute approximate surface area is 137 Å². The van der Waals surface area contributed by atoms with Crippen molar-refractivity contribution in [1.82, 2.24) is 10.9 Å². The summed E-state index contributed by atoms with van der Waals surface area (Å²) in [4.78, 5) is 23.2. The highest BCUT2D eigenvalue weighted by Crippen LogP contribution is 2.22. The van der Waals surface area contributed by atoms with Gasteiger partial charge in [-0.2, -0.15) is 0 Å². The standard InChI is InChI=1S/C16H14ClFN2O3/c17-12-6-2-4-8-14(12)23-10-16(22)20-19-15(21)9-11-5-1-3-7-13(11)18/h1-8H,9-10H2,(H,19,21)(H,20,22). The highest BCUT2D eigenvalue weighted by atomic mass is 35.5. The lowest BCUT2D eigenvalue weighted by molar-refractivity contribution is -0.129. The van der Waals surface area contributed by atoms with Crippen molar-refractivity contribution in [2.24, 2.45) is 0 Å². The van der Waals surface area contributed by atoms with Crippen molar-refractivity contribution in [2.45, 2.75) is 6.42 Å². The number of amides is 2. The number of halogens is 2. The van der Waals surface area contributed by atoms with Crippen molar-refractivity contribution in [2.75, 3.05) is 6.61 Å². The number of hydrogen-bond acceptors (Lipinski definition) is 3. The lowest BCUT2D eigenvalue weighted by Crippen LogP contribution is -2.44. The van der Waals surface area contributed by atoms with Crippen molar-refractivity contribution in [1.29, 1.82) is 0 Å². The van der Waals surface area contributed by atoms with Gasteiger partial charge in [0.1, 0.15) is 11.6 Å². The molecule has 0 aliphatic heterocycles. The second-order valence-corrected chi connectivity index (χ2v) is 4.99. The number of rotatable bonds is 5. The second kappa shape index (κ2) is 8.14. The summed E-state index contributed by atoms with van der Waals surface area (Å²) in [6, 6.07) is 12.6. The molecule has 0 unspecified atom stereocenters. The molecule has 120 valence electrons. The molecule has 0 fully saturated rings. The fourth-order valence-electron chi connectivity index (χ4n) is 1.74. The van der Waals surface area contributed by atoms with Crippen LogP contribution in [0.15, 0.2) is 48.5 Å². The summed E-state index contributed by atoms with van der Waals surface area (Å²) in [5.41, 5.74) is 4.62. The molecule has 0 aliphatic rings. The third kappa shape index (κ3) is 5.27. The van der Waals surface area contributed by atoms with Gasteiger partial charge in [0.05, 0.1) is 11.4 Å². The summed E-state index contributed by atoms with van der Waals surface area (Å²) in [6.07, 6.45) is -0.182. The molecule has 0 radical (unpaired) electrons. The monoisotopic (exact) mass is 336 g/mol. The highest BCUT2D eigenvalue weighted by Gasteiger charge is 2.09. The summed E-state index contributed by atoms with van der Waals surface area (Å²) in [5, 5.41) is 0.379. The molecule has 2 N–H and O–H groups in total. The van der Waals surface area contributed by atoms with Crippen LogP contribution >= 0.6 is 11.6 Å². The van der Waals surface area contributed by atoms with Gasteiger partial charge in [-0.1, -0.05) is 41.9 Å². The molecule has 2 aromatic rings. The Balaban J connectivity index is 1.75. The van der Waals surface area contributed by atoms with Gasteiger partial charge in [-0.05, 0) is 23.8 Å². The van der Waals surface area contributed by atoms with E-state index in [0.29, 0.717) is 10.8 Å². The third-order valence-electron chi connectivity index (χ3n) is 2.85. The zero-order valence-corrected chi connectivity index (χ0v) is 12.8. The molecule has 0 saturated heterocycles. The predicted octanol–water partition coefficient (Wildman–Crippen LogP) is 2.25. The Kier molecular flexibility index (Phi) is 5.94. The quantitative estimate of drug-likeness (QED) is 0.823. The fourth-order valence-corrected chi connectivity index (χ4v) is 1.93. The molecule has 2 amide bonds. The van der Waals surface area contributed by atoms with Gasteiger partial charge >= 0.3 is 0 Å². The zero-order chi connectivity index (χ0) is 16.7. The number of carbonyl (C=O) groups excluding carboxylic acids is 2. The summed E-state index contributed by atoms with van der Waals surface area (Å²) in [6.45, 7) is -0.316. The van der Waals surface area contributed by atoms with Crippen molar-refractivity contribution in [3.8, 4) is 5.75 Å². The fraction of sp³-hybridized carbons (Fsp3) is 0.125. The molecule has 0 aromatic heterocycles. The first-order valence-electron chi connectivity index (χ1n) is 6.74. The van der Waals surface area contributed by atoms with Gasteiger partial charge < -0.3 is 4.74 Å². The first-order chi connectivity index (χ1) is 11.1. The minimum Gasteiger partial charge on any atom is -0.482 e. The van der Waals surface area contributed by atoms with E-state index in [1.54, 1.807) is 30.3 Å². The van der Waals surface area contributed by atoms with E-state index < -0.39 is 17.6 Å². The topological polar surface area (TPSA) is 67.4 Å². The summed E-state index contributed by atoms with van der Waals surface area (Å²) < 4.78 is 18.6. The molecule has 7 heteroatoms. The first kappa shape index (κ1) is 16.8. The molecular weight excluding hydrogens is 323 g/mol. The van der Waals surface area contributed by atoms with Crippen molar-refractivity contribution in [3.05, 3.63) is 64.9 Å². The Bertz CT molecular complexity index is 709. The van der Waals surface area contributed by atoms with Gasteiger partial charge in [0.15, 0.2) is 6.61 Å². The van der Waals surface area contributed by atoms with E-state index in [2.05, 4.69) is 10.9 Å². The third-order valence-corrected chi connectivity index (χ3v) is 3.16. The van der Waals surface area contributed by atoms with Crippen LogP contribution in [0, 0.1) is 5.82 Å². The van der Waals surface area contributed by atoms with E-state index in [1.165, 1.54) is 18.2 Å². The maximum absolute atomic E-state index is 13.4. The number of para-hydroxylation sites is 1. The lowest BCUT2D eigenvalue weighted by atomic mass is 10.1. The average molecular weight is 337 g/mol. The molecule has 0 aliphatic carbocycles. The molecule has 0 spiro atoms. The first-order valence-corrected chi connectivity index (χ1v) is 7.12. The van der Waals surface area contributed by atoms with Gasteiger partial charge in [-0.15, -0.1) is 0 Å². The van der Waals surface area contributed by atoms with Gasteiger partial charge in [0, 0.05) is 0 Å². The van der Waals surface area contributed by atoms with Gasteiger partial charge in [-0.3, -0.25) is 20.4 Å². The van der Waals surface area contributed by atoms with Crippen LogP contribution in [0.2, 0.25) is 5.02 Å². The molecule has 2 aromatic carbocycles. The van der Waals surface area contributed by atoms with Gasteiger partial charge in [-0.25, -0.2) is 4.39 Å². The number of hydrazine groups is 1. The lowest BCUT2D eigenvalue weighted by Gasteiger charge is -2.10. The smallest absolute Gasteiger partial charge is 0.276 e. The molecule has 0 heterocycles. The van der Waals surface area contributed by atoms with E-state index >= 15 is 0 Å². The van der Waals surface area contributed by atoms with Crippen LogP contribution in [0.25, 0.3) is 0 Å². The van der Waals surface area contributed by atoms with Crippen LogP contribution in [0.4, 0.5) is 4.39 Å². The van der Waals surface area contributed by atoms with E-state index in [0.717, 1.165) is 0 Å². The number of carbonyl (C=O) groups is 2. The number of hydrogen-bond donors (Lipinski definition) is 2. The maximum Gasteiger partial charge on any atom is 0.276 e. The average Bonchev–Trinajstić information content (AvgIpc) is 2.54. The Morgan fingerprint density at radius 2 is 1.65 bits per heavy atom. The summed E-state index contributed by atoms with van der Waals surface area (Å²) in [5.74, 6) is -1.22. The zero-order valence-electron chi connectivity index (χ0n) is 12.0. The van der Waals surface area contributed by atoms with Crippen LogP contribution < -0.4 is 15.6 Å². The Morgan fingerprint density at radius 3 is 2.39 bits per heavy atom. The minimum atomic E-state index is -0.563. The highest BCUT2D eigenvalue weighted by molar-refractivity contribution is 6.32. The molecule has 2 rings (SSSR count). The van der Waals surface area contributed by atoms with E-state index in [1.807, 2.05) is 0 Å². The maximum atomic E-state index is 13.4. The van der Waals surface area contributed by atoms with E-state index in [4.69, 9.17) is 16.3 Å². The Morgan fingerprint density at radius 1 is 1.00 bits per heavy atom. The van der Waals surface area contributed by atoms with E-state index in [-0.39, 0.29) is 18.6 Å². The number of benzene rings is 2. The molecule has 0 atom stereocenters. The normalized spacial score (nSPS) is 10.0. The van der Waals surface area contributed by atoms with Crippen LogP contribution in [0.5, 0.6) is 5.75 Å². The van der Waals surface area contributed by atoms with Crippen molar-refractivity contribution < 1.29 is 18.7 Å². The SMILES string of the molecule is O=C(COc1ccccc1Cl)NNC(=O)Cc1ccccc1F. The molecular formula is C16H14ClFN2O3. The largest absolute Gasteiger partial charge is 0.482 e. The second-order valence-electron chi connectivity index (χ2n) is 4.58. The predicted molar refractivity (Wildman–Crippen MR) is 83.3 cm³/mol. The van der Waals surface area contributed by atoms with Crippen molar-refractivity contribution in [3.63, 3.8) is 0 Å². The minimum absolute atomic E-state index is 0.182. The molecule has 5 nitrogen and oxygen atoms in total.